The summed E-state index contributed by atoms with van der Waals surface area (Å²) in [6.07, 6.45) is 2.10. The molecule has 0 rings (SSSR count). The Balaban J connectivity index is 2.75. The maximum atomic E-state index is 5.69. The van der Waals surface area contributed by atoms with Crippen molar-refractivity contribution >= 4 is 23.4 Å². The number of nitrogens with one attached hydrogen (secondary N) is 1. The molecule has 9 heavy (non-hydrogen) atoms. The van der Waals surface area contributed by atoms with Crippen molar-refractivity contribution in [2.45, 2.75) is 12.3 Å². The molecule has 0 aromatic heterocycles. The van der Waals surface area contributed by atoms with Gasteiger partial charge in [-0.25, -0.2) is 0 Å². The van der Waals surface area contributed by atoms with Gasteiger partial charge in [0, 0.05) is 24.2 Å². The van der Waals surface area contributed by atoms with Crippen LogP contribution in [0.15, 0.2) is 0 Å². The Hall–Kier alpha value is 0.600. The van der Waals surface area contributed by atoms with Crippen LogP contribution in [-0.4, -0.2) is 30.5 Å². The number of alkyl halides is 1. The molecule has 0 heterocycles. The van der Waals surface area contributed by atoms with Gasteiger partial charge in [0.1, 0.15) is 0 Å². The lowest BCUT2D eigenvalue weighted by Crippen LogP contribution is -2.23. The van der Waals surface area contributed by atoms with E-state index in [1.807, 2.05) is 18.7 Å². The van der Waals surface area contributed by atoms with Crippen molar-refractivity contribution in [3.63, 3.8) is 0 Å². The van der Waals surface area contributed by atoms with Gasteiger partial charge in [-0.3, -0.25) is 0 Å². The topological polar surface area (TPSA) is 12.0 Å². The summed E-state index contributed by atoms with van der Waals surface area (Å²) in [4.78, 5) is 0. The van der Waals surface area contributed by atoms with Crippen LogP contribution in [0.5, 0.6) is 0 Å². The molecule has 1 N–H and O–H groups in total. The van der Waals surface area contributed by atoms with Gasteiger partial charge >= 0.3 is 0 Å². The van der Waals surface area contributed by atoms with Gasteiger partial charge in [-0.2, -0.15) is 11.8 Å². The second kappa shape index (κ2) is 6.72. The monoisotopic (exact) mass is 167 g/mol. The number of hydrogen-bond acceptors (Lipinski definition) is 2. The van der Waals surface area contributed by atoms with Crippen molar-refractivity contribution in [1.29, 1.82) is 0 Å². The average molecular weight is 168 g/mol. The van der Waals surface area contributed by atoms with E-state index in [0.29, 0.717) is 0 Å². The minimum atomic E-state index is 0.256. The van der Waals surface area contributed by atoms with Gasteiger partial charge in [0.25, 0.3) is 0 Å². The van der Waals surface area contributed by atoms with E-state index in [0.717, 1.165) is 13.1 Å². The first-order valence-corrected chi connectivity index (χ1v) is 4.94. The number of rotatable bonds is 5. The van der Waals surface area contributed by atoms with Crippen molar-refractivity contribution in [2.75, 3.05) is 25.1 Å². The molecule has 0 aliphatic rings. The maximum absolute atomic E-state index is 5.69. The highest BCUT2D eigenvalue weighted by molar-refractivity contribution is 7.98. The fraction of sp³-hybridized carbons (Fsp3) is 1.00. The van der Waals surface area contributed by atoms with Gasteiger partial charge in [0.15, 0.2) is 0 Å². The maximum Gasteiger partial charge on any atom is 0.0432 e. The molecule has 0 aromatic rings. The molecule has 0 aliphatic carbocycles. The van der Waals surface area contributed by atoms with E-state index in [-0.39, 0.29) is 5.38 Å². The van der Waals surface area contributed by atoms with Crippen LogP contribution in [0.2, 0.25) is 0 Å². The third kappa shape index (κ3) is 8.60. The summed E-state index contributed by atoms with van der Waals surface area (Å²) in [5.74, 6) is 1.17. The molecule has 1 nitrogen and oxygen atoms in total. The van der Waals surface area contributed by atoms with Crippen molar-refractivity contribution < 1.29 is 0 Å². The highest BCUT2D eigenvalue weighted by Gasteiger charge is 1.92. The molecule has 0 saturated carbocycles. The average Bonchev–Trinajstić information content (AvgIpc) is 1.80. The zero-order chi connectivity index (χ0) is 7.11. The van der Waals surface area contributed by atoms with Gasteiger partial charge in [-0.15, -0.1) is 11.6 Å². The van der Waals surface area contributed by atoms with Crippen molar-refractivity contribution in [2.24, 2.45) is 0 Å². The molecule has 0 amide bonds. The second-order valence-corrected chi connectivity index (χ2v) is 3.71. The molecule has 0 aromatic carbocycles. The van der Waals surface area contributed by atoms with Gasteiger partial charge in [-0.1, -0.05) is 0 Å². The summed E-state index contributed by atoms with van der Waals surface area (Å²) < 4.78 is 0. The Kier molecular flexibility index (Phi) is 7.16. The first kappa shape index (κ1) is 9.60. The predicted octanol–water partition coefficient (Wildman–Crippen LogP) is 1.57. The van der Waals surface area contributed by atoms with Crippen LogP contribution in [0.1, 0.15) is 6.92 Å². The van der Waals surface area contributed by atoms with Gasteiger partial charge in [-0.05, 0) is 13.2 Å². The Bertz CT molecular complexity index is 59.0. The molecule has 0 saturated heterocycles. The van der Waals surface area contributed by atoms with Gasteiger partial charge in [0.2, 0.25) is 0 Å². The van der Waals surface area contributed by atoms with E-state index in [1.165, 1.54) is 5.75 Å². The van der Waals surface area contributed by atoms with Crippen molar-refractivity contribution in [3.8, 4) is 0 Å². The highest BCUT2D eigenvalue weighted by Crippen LogP contribution is 1.90. The molecule has 0 aliphatic heterocycles. The minimum Gasteiger partial charge on any atom is -0.314 e. The third-order valence-electron chi connectivity index (χ3n) is 0.909. The Morgan fingerprint density at radius 3 is 2.78 bits per heavy atom. The largest absolute Gasteiger partial charge is 0.314 e. The van der Waals surface area contributed by atoms with Crippen LogP contribution in [-0.2, 0) is 0 Å². The van der Waals surface area contributed by atoms with Crippen LogP contribution < -0.4 is 5.32 Å². The van der Waals surface area contributed by atoms with E-state index in [4.69, 9.17) is 11.6 Å². The fourth-order valence-electron chi connectivity index (χ4n) is 0.475. The predicted molar refractivity (Wildman–Crippen MR) is 46.6 cm³/mol. The van der Waals surface area contributed by atoms with E-state index in [1.54, 1.807) is 0 Å². The normalized spacial score (nSPS) is 13.7. The molecule has 0 spiro atoms. The molecule has 1 unspecified atom stereocenters. The molecule has 1 atom stereocenters. The van der Waals surface area contributed by atoms with E-state index >= 15 is 0 Å². The van der Waals surface area contributed by atoms with Gasteiger partial charge < -0.3 is 5.32 Å². The zero-order valence-electron chi connectivity index (χ0n) is 5.98. The summed E-state index contributed by atoms with van der Waals surface area (Å²) in [7, 11) is 0. The standard InChI is InChI=1S/C6H14ClNS/c1-6(7)5-8-3-4-9-2/h6,8H,3-5H2,1-2H3. The molecule has 56 valence electrons. The number of hydrogen-bond donors (Lipinski definition) is 1. The minimum absolute atomic E-state index is 0.256. The smallest absolute Gasteiger partial charge is 0.0432 e. The molecular weight excluding hydrogens is 154 g/mol. The number of thioether (sulfide) groups is 1. The van der Waals surface area contributed by atoms with Gasteiger partial charge in [0.05, 0.1) is 0 Å². The lowest BCUT2D eigenvalue weighted by Gasteiger charge is -2.03. The van der Waals surface area contributed by atoms with Crippen LogP contribution in [0.3, 0.4) is 0 Å². The van der Waals surface area contributed by atoms with Crippen molar-refractivity contribution in [3.05, 3.63) is 0 Å². The molecule has 0 bridgehead atoms. The van der Waals surface area contributed by atoms with E-state index in [2.05, 4.69) is 11.6 Å². The summed E-state index contributed by atoms with van der Waals surface area (Å²) in [5.41, 5.74) is 0. The molecule has 0 fully saturated rings. The first-order chi connectivity index (χ1) is 4.27. The van der Waals surface area contributed by atoms with Crippen LogP contribution >= 0.6 is 23.4 Å². The Labute approximate surface area is 66.5 Å². The van der Waals surface area contributed by atoms with E-state index in [9.17, 15) is 0 Å². The van der Waals surface area contributed by atoms with Crippen LogP contribution in [0, 0.1) is 0 Å². The second-order valence-electron chi connectivity index (χ2n) is 1.98. The lowest BCUT2D eigenvalue weighted by molar-refractivity contribution is 0.713. The van der Waals surface area contributed by atoms with Crippen LogP contribution in [0.4, 0.5) is 0 Å². The first-order valence-electron chi connectivity index (χ1n) is 3.11. The van der Waals surface area contributed by atoms with Crippen LogP contribution in [0.25, 0.3) is 0 Å². The summed E-state index contributed by atoms with van der Waals surface area (Å²) in [5, 5.41) is 3.49. The Morgan fingerprint density at radius 1 is 1.67 bits per heavy atom. The lowest BCUT2D eigenvalue weighted by atomic mass is 10.5. The third-order valence-corrected chi connectivity index (χ3v) is 1.68. The quantitative estimate of drug-likeness (QED) is 0.493. The summed E-state index contributed by atoms with van der Waals surface area (Å²) >= 11 is 7.54. The molecular formula is C6H14ClNS. The summed E-state index contributed by atoms with van der Waals surface area (Å²) in [6.45, 7) is 3.98. The highest BCUT2D eigenvalue weighted by atomic mass is 35.5. The Morgan fingerprint density at radius 2 is 2.33 bits per heavy atom. The summed E-state index contributed by atoms with van der Waals surface area (Å²) in [6, 6.07) is 0. The molecule has 3 heteroatoms. The van der Waals surface area contributed by atoms with Crippen molar-refractivity contribution in [1.82, 2.24) is 5.32 Å². The van der Waals surface area contributed by atoms with E-state index < -0.39 is 0 Å². The zero-order valence-corrected chi connectivity index (χ0v) is 7.56. The fourth-order valence-corrected chi connectivity index (χ4v) is 0.933. The number of halogens is 1. The molecule has 0 radical (unpaired) electrons. The SMILES string of the molecule is CSCCNCC(C)Cl.